The van der Waals surface area contributed by atoms with Gasteiger partial charge < -0.3 is 20.3 Å². The third-order valence-electron chi connectivity index (χ3n) is 3.79. The lowest BCUT2D eigenvalue weighted by Gasteiger charge is -2.23. The zero-order valence-corrected chi connectivity index (χ0v) is 11.5. The standard InChI is InChI=1S/C13H23N3O3/c1-14-13(18)11-5-2-6-16(11)12(17)9-15-8-10-4-3-7-19-10/h10-11,15H,2-9H2,1H3,(H,14,18)/t10-,11+/m0/s1. The van der Waals surface area contributed by atoms with E-state index >= 15 is 0 Å². The molecule has 2 N–H and O–H groups in total. The van der Waals surface area contributed by atoms with Gasteiger partial charge in [0.1, 0.15) is 6.04 Å². The van der Waals surface area contributed by atoms with E-state index in [1.165, 1.54) is 0 Å². The molecule has 108 valence electrons. The van der Waals surface area contributed by atoms with E-state index in [0.717, 1.165) is 32.3 Å². The number of carbonyl (C=O) groups excluding carboxylic acids is 2. The Morgan fingerprint density at radius 3 is 2.84 bits per heavy atom. The van der Waals surface area contributed by atoms with Gasteiger partial charge in [-0.3, -0.25) is 9.59 Å². The van der Waals surface area contributed by atoms with E-state index in [1.54, 1.807) is 11.9 Å². The van der Waals surface area contributed by atoms with Gasteiger partial charge in [0.05, 0.1) is 12.6 Å². The Morgan fingerprint density at radius 2 is 2.16 bits per heavy atom. The first kappa shape index (κ1) is 14.3. The molecule has 2 aliphatic rings. The minimum Gasteiger partial charge on any atom is -0.377 e. The number of hydrogen-bond donors (Lipinski definition) is 2. The molecule has 2 fully saturated rings. The van der Waals surface area contributed by atoms with Crippen LogP contribution in [-0.4, -0.2) is 62.1 Å². The molecule has 0 aromatic heterocycles. The molecule has 0 bridgehead atoms. The van der Waals surface area contributed by atoms with Crippen molar-refractivity contribution in [1.29, 1.82) is 0 Å². The fourth-order valence-corrected chi connectivity index (χ4v) is 2.75. The summed E-state index contributed by atoms with van der Waals surface area (Å²) in [6.07, 6.45) is 4.06. The van der Waals surface area contributed by atoms with Gasteiger partial charge in [-0.2, -0.15) is 0 Å². The molecule has 6 nitrogen and oxygen atoms in total. The van der Waals surface area contributed by atoms with Gasteiger partial charge in [-0.1, -0.05) is 0 Å². The number of likely N-dealkylation sites (tertiary alicyclic amines) is 1. The number of nitrogens with zero attached hydrogens (tertiary/aromatic N) is 1. The average Bonchev–Trinajstić information content (AvgIpc) is 3.08. The van der Waals surface area contributed by atoms with E-state index in [1.807, 2.05) is 0 Å². The summed E-state index contributed by atoms with van der Waals surface area (Å²) in [4.78, 5) is 25.4. The number of amides is 2. The van der Waals surface area contributed by atoms with Crippen LogP contribution >= 0.6 is 0 Å². The molecule has 2 rings (SSSR count). The summed E-state index contributed by atoms with van der Waals surface area (Å²) >= 11 is 0. The molecule has 0 saturated carbocycles. The first-order chi connectivity index (χ1) is 9.22. The first-order valence-corrected chi connectivity index (χ1v) is 7.05. The number of nitrogens with one attached hydrogen (secondary N) is 2. The van der Waals surface area contributed by atoms with Crippen LogP contribution in [-0.2, 0) is 14.3 Å². The number of carbonyl (C=O) groups is 2. The lowest BCUT2D eigenvalue weighted by molar-refractivity contribution is -0.137. The van der Waals surface area contributed by atoms with Gasteiger partial charge in [0, 0.05) is 26.7 Å². The third-order valence-corrected chi connectivity index (χ3v) is 3.79. The minimum absolute atomic E-state index is 0.00379. The topological polar surface area (TPSA) is 70.7 Å². The fourth-order valence-electron chi connectivity index (χ4n) is 2.75. The van der Waals surface area contributed by atoms with Crippen LogP contribution in [0.3, 0.4) is 0 Å². The molecule has 0 unspecified atom stereocenters. The van der Waals surface area contributed by atoms with Gasteiger partial charge in [-0.25, -0.2) is 0 Å². The predicted molar refractivity (Wildman–Crippen MR) is 70.6 cm³/mol. The van der Waals surface area contributed by atoms with Crippen molar-refractivity contribution in [3.05, 3.63) is 0 Å². The quantitative estimate of drug-likeness (QED) is 0.705. The molecule has 19 heavy (non-hydrogen) atoms. The number of hydrogen-bond acceptors (Lipinski definition) is 4. The Morgan fingerprint density at radius 1 is 1.32 bits per heavy atom. The van der Waals surface area contributed by atoms with E-state index in [-0.39, 0.29) is 30.5 Å². The monoisotopic (exact) mass is 269 g/mol. The molecule has 2 heterocycles. The van der Waals surface area contributed by atoms with Crippen LogP contribution in [0.15, 0.2) is 0 Å². The highest BCUT2D eigenvalue weighted by Gasteiger charge is 2.33. The van der Waals surface area contributed by atoms with E-state index in [4.69, 9.17) is 4.74 Å². The molecule has 2 atom stereocenters. The van der Waals surface area contributed by atoms with E-state index in [2.05, 4.69) is 10.6 Å². The Hall–Kier alpha value is -1.14. The van der Waals surface area contributed by atoms with Crippen LogP contribution in [0.1, 0.15) is 25.7 Å². The predicted octanol–water partition coefficient (Wildman–Crippen LogP) is -0.508. The summed E-state index contributed by atoms with van der Waals surface area (Å²) in [6.45, 7) is 2.50. The summed E-state index contributed by atoms with van der Waals surface area (Å²) in [5, 5.41) is 5.75. The van der Waals surface area contributed by atoms with Crippen LogP contribution in [0.4, 0.5) is 0 Å². The summed E-state index contributed by atoms with van der Waals surface area (Å²) in [5.41, 5.74) is 0. The van der Waals surface area contributed by atoms with Crippen molar-refractivity contribution in [1.82, 2.24) is 15.5 Å². The zero-order chi connectivity index (χ0) is 13.7. The van der Waals surface area contributed by atoms with E-state index in [0.29, 0.717) is 13.1 Å². The van der Waals surface area contributed by atoms with Crippen molar-refractivity contribution >= 4 is 11.8 Å². The van der Waals surface area contributed by atoms with Gasteiger partial charge in [0.15, 0.2) is 0 Å². The molecule has 0 aromatic carbocycles. The van der Waals surface area contributed by atoms with Crippen molar-refractivity contribution in [3.8, 4) is 0 Å². The maximum absolute atomic E-state index is 12.1. The van der Waals surface area contributed by atoms with Crippen LogP contribution in [0.25, 0.3) is 0 Å². The first-order valence-electron chi connectivity index (χ1n) is 7.05. The van der Waals surface area contributed by atoms with Crippen LogP contribution in [0.2, 0.25) is 0 Å². The highest BCUT2D eigenvalue weighted by atomic mass is 16.5. The lowest BCUT2D eigenvalue weighted by Crippen LogP contribution is -2.48. The van der Waals surface area contributed by atoms with Gasteiger partial charge in [-0.15, -0.1) is 0 Å². The molecule has 0 radical (unpaired) electrons. The molecule has 2 amide bonds. The Balaban J connectivity index is 1.73. The minimum atomic E-state index is -0.290. The van der Waals surface area contributed by atoms with Gasteiger partial charge in [-0.05, 0) is 25.7 Å². The highest BCUT2D eigenvalue weighted by Crippen LogP contribution is 2.17. The largest absolute Gasteiger partial charge is 0.377 e. The lowest BCUT2D eigenvalue weighted by atomic mass is 10.2. The number of rotatable bonds is 5. The van der Waals surface area contributed by atoms with Crippen molar-refractivity contribution in [2.45, 2.75) is 37.8 Å². The second kappa shape index (κ2) is 6.86. The molecular formula is C13H23N3O3. The normalized spacial score (nSPS) is 26.7. The maximum Gasteiger partial charge on any atom is 0.242 e. The molecule has 2 saturated heterocycles. The van der Waals surface area contributed by atoms with E-state index in [9.17, 15) is 9.59 Å². The molecule has 2 aliphatic heterocycles. The Kier molecular flexibility index (Phi) is 5.15. The summed E-state index contributed by atoms with van der Waals surface area (Å²) in [7, 11) is 1.61. The molecule has 0 aromatic rings. The molecule has 6 heteroatoms. The summed E-state index contributed by atoms with van der Waals surface area (Å²) < 4.78 is 5.49. The average molecular weight is 269 g/mol. The molecular weight excluding hydrogens is 246 g/mol. The SMILES string of the molecule is CNC(=O)[C@H]1CCCN1C(=O)CNC[C@@H]1CCCO1. The maximum atomic E-state index is 12.1. The van der Waals surface area contributed by atoms with Gasteiger partial charge >= 0.3 is 0 Å². The van der Waals surface area contributed by atoms with Crippen LogP contribution in [0.5, 0.6) is 0 Å². The van der Waals surface area contributed by atoms with Gasteiger partial charge in [0.2, 0.25) is 11.8 Å². The Bertz CT molecular complexity index is 329. The van der Waals surface area contributed by atoms with E-state index < -0.39 is 0 Å². The molecule has 0 spiro atoms. The Labute approximate surface area is 113 Å². The zero-order valence-electron chi connectivity index (χ0n) is 11.5. The fraction of sp³-hybridized carbons (Fsp3) is 0.846. The number of likely N-dealkylation sites (N-methyl/N-ethyl adjacent to an activating group) is 1. The third kappa shape index (κ3) is 3.67. The number of ether oxygens (including phenoxy) is 1. The van der Waals surface area contributed by atoms with Crippen molar-refractivity contribution in [3.63, 3.8) is 0 Å². The second-order valence-corrected chi connectivity index (χ2v) is 5.13. The summed E-state index contributed by atoms with van der Waals surface area (Å²) in [6, 6.07) is -0.290. The second-order valence-electron chi connectivity index (χ2n) is 5.13. The summed E-state index contributed by atoms with van der Waals surface area (Å²) in [5.74, 6) is -0.0610. The highest BCUT2D eigenvalue weighted by molar-refractivity contribution is 5.88. The van der Waals surface area contributed by atoms with Crippen molar-refractivity contribution < 1.29 is 14.3 Å². The van der Waals surface area contributed by atoms with Crippen molar-refractivity contribution in [2.24, 2.45) is 0 Å². The van der Waals surface area contributed by atoms with Crippen LogP contribution < -0.4 is 10.6 Å². The van der Waals surface area contributed by atoms with Gasteiger partial charge in [0.25, 0.3) is 0 Å². The molecule has 0 aliphatic carbocycles. The van der Waals surface area contributed by atoms with Crippen LogP contribution in [0, 0.1) is 0 Å². The smallest absolute Gasteiger partial charge is 0.242 e. The van der Waals surface area contributed by atoms with Crippen molar-refractivity contribution in [2.75, 3.05) is 33.3 Å².